The van der Waals surface area contributed by atoms with Gasteiger partial charge in [-0.15, -0.1) is 0 Å². The molecule has 3 rings (SSSR count). The lowest BCUT2D eigenvalue weighted by Gasteiger charge is -2.19. The average molecular weight is 297 g/mol. The summed E-state index contributed by atoms with van der Waals surface area (Å²) in [4.78, 5) is 25.6. The molecule has 1 aliphatic rings. The van der Waals surface area contributed by atoms with Crippen molar-refractivity contribution in [2.75, 3.05) is 13.7 Å². The molecule has 2 aromatic carbocycles. The van der Waals surface area contributed by atoms with Crippen LogP contribution >= 0.6 is 0 Å². The molecule has 0 aliphatic carbocycles. The molecule has 0 saturated heterocycles. The molecule has 5 heteroatoms. The Labute approximate surface area is 127 Å². The number of hydrogen-bond acceptors (Lipinski definition) is 4. The van der Waals surface area contributed by atoms with Crippen molar-refractivity contribution in [2.45, 2.75) is 6.10 Å². The number of β-amino-alcohol motifs (C(OH)–C–C–N with tert-alkyl or cyclic N) is 1. The second-order valence-corrected chi connectivity index (χ2v) is 5.06. The number of methoxy groups -OCH3 is 1. The number of rotatable bonds is 4. The molecule has 2 amide bonds. The Balaban J connectivity index is 1.79. The van der Waals surface area contributed by atoms with Gasteiger partial charge in [0.25, 0.3) is 11.8 Å². The first kappa shape index (κ1) is 14.3. The molecule has 0 fully saturated rings. The largest absolute Gasteiger partial charge is 0.497 e. The molecular weight excluding hydrogens is 282 g/mol. The molecule has 0 bridgehead atoms. The Kier molecular flexibility index (Phi) is 3.65. The molecule has 0 spiro atoms. The van der Waals surface area contributed by atoms with Crippen LogP contribution in [0, 0.1) is 0 Å². The highest BCUT2D eigenvalue weighted by molar-refractivity contribution is 6.21. The minimum absolute atomic E-state index is 0.0708. The molecule has 1 N–H and O–H groups in total. The number of carbonyl (C=O) groups is 2. The van der Waals surface area contributed by atoms with Crippen LogP contribution in [0.4, 0.5) is 0 Å². The fourth-order valence-electron chi connectivity index (χ4n) is 2.51. The van der Waals surface area contributed by atoms with Crippen LogP contribution in [0.2, 0.25) is 0 Å². The maximum atomic E-state index is 12.2. The van der Waals surface area contributed by atoms with Crippen LogP contribution in [-0.4, -0.2) is 35.5 Å². The fourth-order valence-corrected chi connectivity index (χ4v) is 2.51. The predicted molar refractivity (Wildman–Crippen MR) is 79.8 cm³/mol. The minimum atomic E-state index is -0.937. The van der Waals surface area contributed by atoms with Crippen molar-refractivity contribution in [1.29, 1.82) is 0 Å². The normalized spacial score (nSPS) is 14.9. The van der Waals surface area contributed by atoms with Gasteiger partial charge in [-0.3, -0.25) is 14.5 Å². The molecular formula is C17H15NO4. The molecule has 2 aromatic rings. The van der Waals surface area contributed by atoms with Crippen LogP contribution in [0.5, 0.6) is 5.75 Å². The quantitative estimate of drug-likeness (QED) is 0.877. The van der Waals surface area contributed by atoms with Gasteiger partial charge >= 0.3 is 0 Å². The number of fused-ring (bicyclic) bond motifs is 1. The predicted octanol–water partition coefficient (Wildman–Crippen LogP) is 2.02. The van der Waals surface area contributed by atoms with Gasteiger partial charge in [-0.25, -0.2) is 0 Å². The van der Waals surface area contributed by atoms with Gasteiger partial charge < -0.3 is 9.84 Å². The first-order valence-electron chi connectivity index (χ1n) is 6.89. The van der Waals surface area contributed by atoms with E-state index in [9.17, 15) is 14.7 Å². The summed E-state index contributed by atoms with van der Waals surface area (Å²) in [5.41, 5.74) is 1.39. The zero-order valence-electron chi connectivity index (χ0n) is 12.0. The summed E-state index contributed by atoms with van der Waals surface area (Å²) < 4.78 is 5.06. The lowest BCUT2D eigenvalue weighted by molar-refractivity contribution is 0.0543. The summed E-state index contributed by atoms with van der Waals surface area (Å²) in [6, 6.07) is 13.5. The lowest BCUT2D eigenvalue weighted by Crippen LogP contribution is -2.33. The zero-order chi connectivity index (χ0) is 15.7. The lowest BCUT2D eigenvalue weighted by atomic mass is 10.1. The summed E-state index contributed by atoms with van der Waals surface area (Å²) in [5.74, 6) is -0.0574. The number of aliphatic hydroxyl groups excluding tert-OH is 1. The summed E-state index contributed by atoms with van der Waals surface area (Å²) in [7, 11) is 1.56. The van der Waals surface area contributed by atoms with Gasteiger partial charge in [0.1, 0.15) is 5.75 Å². The van der Waals surface area contributed by atoms with Crippen LogP contribution in [0.1, 0.15) is 32.4 Å². The monoisotopic (exact) mass is 297 g/mol. The van der Waals surface area contributed by atoms with E-state index in [1.807, 2.05) is 0 Å². The van der Waals surface area contributed by atoms with Crippen molar-refractivity contribution >= 4 is 11.8 Å². The van der Waals surface area contributed by atoms with Crippen LogP contribution in [0.15, 0.2) is 48.5 Å². The second-order valence-electron chi connectivity index (χ2n) is 5.06. The average Bonchev–Trinajstić information content (AvgIpc) is 2.80. The molecule has 1 atom stereocenters. The van der Waals surface area contributed by atoms with Crippen molar-refractivity contribution in [3.05, 3.63) is 65.2 Å². The molecule has 22 heavy (non-hydrogen) atoms. The Bertz CT molecular complexity index is 689. The Morgan fingerprint density at radius 3 is 2.05 bits per heavy atom. The highest BCUT2D eigenvalue weighted by Crippen LogP contribution is 2.25. The number of hydrogen-bond donors (Lipinski definition) is 1. The summed E-state index contributed by atoms with van der Waals surface area (Å²) in [6.45, 7) is -0.0708. The van der Waals surface area contributed by atoms with Crippen LogP contribution in [-0.2, 0) is 0 Å². The van der Waals surface area contributed by atoms with E-state index in [2.05, 4.69) is 0 Å². The molecule has 5 nitrogen and oxygen atoms in total. The Morgan fingerprint density at radius 1 is 1.00 bits per heavy atom. The van der Waals surface area contributed by atoms with Crippen LogP contribution < -0.4 is 4.74 Å². The molecule has 0 saturated carbocycles. The maximum absolute atomic E-state index is 12.2. The summed E-state index contributed by atoms with van der Waals surface area (Å²) in [6.07, 6.45) is -0.937. The van der Waals surface area contributed by atoms with E-state index in [-0.39, 0.29) is 18.4 Å². The second kappa shape index (κ2) is 5.61. The van der Waals surface area contributed by atoms with Crippen molar-refractivity contribution in [3.8, 4) is 5.75 Å². The van der Waals surface area contributed by atoms with E-state index < -0.39 is 6.10 Å². The SMILES string of the molecule is COc1ccc([C@@H](O)CN2C(=O)c3ccccc3C2=O)cc1. The van der Waals surface area contributed by atoms with E-state index >= 15 is 0 Å². The van der Waals surface area contributed by atoms with Crippen LogP contribution in [0.3, 0.4) is 0 Å². The van der Waals surface area contributed by atoms with Crippen molar-refractivity contribution in [2.24, 2.45) is 0 Å². The Hall–Kier alpha value is -2.66. The van der Waals surface area contributed by atoms with E-state index in [4.69, 9.17) is 4.74 Å². The smallest absolute Gasteiger partial charge is 0.261 e. The van der Waals surface area contributed by atoms with Crippen LogP contribution in [0.25, 0.3) is 0 Å². The first-order valence-corrected chi connectivity index (χ1v) is 6.89. The third-order valence-corrected chi connectivity index (χ3v) is 3.73. The van der Waals surface area contributed by atoms with Gasteiger partial charge in [0.2, 0.25) is 0 Å². The fraction of sp³-hybridized carbons (Fsp3) is 0.176. The van der Waals surface area contributed by atoms with Gasteiger partial charge in [-0.2, -0.15) is 0 Å². The number of amides is 2. The van der Waals surface area contributed by atoms with Crippen molar-refractivity contribution < 1.29 is 19.4 Å². The standard InChI is InChI=1S/C17H15NO4/c1-22-12-8-6-11(7-9-12)15(19)10-18-16(20)13-4-2-3-5-14(13)17(18)21/h2-9,15,19H,10H2,1H3/t15-/m0/s1. The number of nitrogens with zero attached hydrogens (tertiary/aromatic N) is 1. The zero-order valence-corrected chi connectivity index (χ0v) is 12.0. The highest BCUT2D eigenvalue weighted by atomic mass is 16.5. The van der Waals surface area contributed by atoms with E-state index in [1.165, 1.54) is 0 Å². The number of aliphatic hydroxyl groups is 1. The number of imide groups is 1. The first-order chi connectivity index (χ1) is 10.6. The number of carbonyl (C=O) groups excluding carboxylic acids is 2. The van der Waals surface area contributed by atoms with Gasteiger partial charge in [-0.1, -0.05) is 24.3 Å². The maximum Gasteiger partial charge on any atom is 0.261 e. The van der Waals surface area contributed by atoms with Crippen molar-refractivity contribution in [1.82, 2.24) is 4.90 Å². The topological polar surface area (TPSA) is 66.8 Å². The van der Waals surface area contributed by atoms with E-state index in [0.29, 0.717) is 22.4 Å². The summed E-state index contributed by atoms with van der Waals surface area (Å²) >= 11 is 0. The highest BCUT2D eigenvalue weighted by Gasteiger charge is 2.36. The Morgan fingerprint density at radius 2 is 1.55 bits per heavy atom. The van der Waals surface area contributed by atoms with Gasteiger partial charge in [0.05, 0.1) is 30.9 Å². The third kappa shape index (κ3) is 2.35. The van der Waals surface area contributed by atoms with E-state index in [1.54, 1.807) is 55.6 Å². The molecule has 1 aliphatic heterocycles. The molecule has 0 aromatic heterocycles. The molecule has 0 unspecified atom stereocenters. The van der Waals surface area contributed by atoms with Gasteiger partial charge in [0.15, 0.2) is 0 Å². The number of ether oxygens (including phenoxy) is 1. The summed E-state index contributed by atoms with van der Waals surface area (Å²) in [5, 5.41) is 10.3. The molecule has 1 heterocycles. The third-order valence-electron chi connectivity index (χ3n) is 3.73. The van der Waals surface area contributed by atoms with Crippen molar-refractivity contribution in [3.63, 3.8) is 0 Å². The molecule has 0 radical (unpaired) electrons. The minimum Gasteiger partial charge on any atom is -0.497 e. The van der Waals surface area contributed by atoms with E-state index in [0.717, 1.165) is 4.90 Å². The molecule has 112 valence electrons. The van der Waals surface area contributed by atoms with Gasteiger partial charge in [-0.05, 0) is 29.8 Å². The number of benzene rings is 2. The van der Waals surface area contributed by atoms with Gasteiger partial charge in [0, 0.05) is 0 Å².